The molecule has 0 atom stereocenters. The van der Waals surface area contributed by atoms with Gasteiger partial charge in [0.15, 0.2) is 0 Å². The molecule has 0 saturated heterocycles. The Balaban J connectivity index is 2.24. The van der Waals surface area contributed by atoms with Gasteiger partial charge in [-0.3, -0.25) is 4.99 Å². The van der Waals surface area contributed by atoms with Crippen LogP contribution in [0.25, 0.3) is 0 Å². The van der Waals surface area contributed by atoms with Gasteiger partial charge in [0.2, 0.25) is 0 Å². The van der Waals surface area contributed by atoms with E-state index in [4.69, 9.17) is 11.6 Å². The Bertz CT molecular complexity index is 503. The first-order chi connectivity index (χ1) is 7.75. The van der Waals surface area contributed by atoms with Gasteiger partial charge in [0.25, 0.3) is 0 Å². The van der Waals surface area contributed by atoms with Gasteiger partial charge in [-0.05, 0) is 42.3 Å². The van der Waals surface area contributed by atoms with Crippen LogP contribution in [-0.2, 0) is 0 Å². The highest BCUT2D eigenvalue weighted by molar-refractivity contribution is 6.30. The van der Waals surface area contributed by atoms with E-state index < -0.39 is 0 Å². The lowest BCUT2D eigenvalue weighted by Crippen LogP contribution is -1.85. The Labute approximate surface area is 100 Å². The second-order valence-electron chi connectivity index (χ2n) is 3.59. The molecule has 0 aliphatic rings. The van der Waals surface area contributed by atoms with E-state index in [0.717, 1.165) is 21.8 Å². The summed E-state index contributed by atoms with van der Waals surface area (Å²) in [5, 5.41) is 0.759. The zero-order valence-electron chi connectivity index (χ0n) is 9.02. The topological polar surface area (TPSA) is 12.4 Å². The maximum atomic E-state index is 5.89. The quantitative estimate of drug-likeness (QED) is 0.677. The fraction of sp³-hybridized carbons (Fsp3) is 0.0714. The van der Waals surface area contributed by atoms with Crippen LogP contribution in [0.2, 0.25) is 5.02 Å². The highest BCUT2D eigenvalue weighted by Gasteiger charge is 1.95. The number of halogens is 1. The van der Waals surface area contributed by atoms with Crippen LogP contribution < -0.4 is 0 Å². The van der Waals surface area contributed by atoms with Crippen molar-refractivity contribution in [2.75, 3.05) is 0 Å². The standard InChI is InChI=1S/C14H12ClN/c1-11-9-13(15)8-7-12(11)10-16-14-5-3-2-4-6-14/h2-10H,1H3. The molecule has 2 aromatic rings. The molecule has 0 spiro atoms. The lowest BCUT2D eigenvalue weighted by Gasteiger charge is -1.99. The molecule has 0 fully saturated rings. The number of aryl methyl sites for hydroxylation is 1. The molecule has 0 heterocycles. The second kappa shape index (κ2) is 4.95. The summed E-state index contributed by atoms with van der Waals surface area (Å²) in [6.45, 7) is 2.03. The first kappa shape index (κ1) is 10.9. The Morgan fingerprint density at radius 2 is 1.81 bits per heavy atom. The molecule has 2 aromatic carbocycles. The van der Waals surface area contributed by atoms with E-state index in [9.17, 15) is 0 Å². The Morgan fingerprint density at radius 3 is 2.50 bits per heavy atom. The Hall–Kier alpha value is -1.60. The smallest absolute Gasteiger partial charge is 0.0629 e. The molecule has 0 saturated carbocycles. The van der Waals surface area contributed by atoms with Crippen molar-refractivity contribution in [1.82, 2.24) is 0 Å². The van der Waals surface area contributed by atoms with Crippen LogP contribution >= 0.6 is 11.6 Å². The van der Waals surface area contributed by atoms with Crippen LogP contribution in [0.1, 0.15) is 11.1 Å². The second-order valence-corrected chi connectivity index (χ2v) is 4.03. The van der Waals surface area contributed by atoms with Gasteiger partial charge >= 0.3 is 0 Å². The molecule has 1 nitrogen and oxygen atoms in total. The van der Waals surface area contributed by atoms with Gasteiger partial charge in [-0.15, -0.1) is 0 Å². The first-order valence-corrected chi connectivity index (χ1v) is 5.49. The van der Waals surface area contributed by atoms with Crippen molar-refractivity contribution in [2.24, 2.45) is 4.99 Å². The fourth-order valence-electron chi connectivity index (χ4n) is 1.44. The van der Waals surface area contributed by atoms with Gasteiger partial charge < -0.3 is 0 Å². The summed E-state index contributed by atoms with van der Waals surface area (Å²) >= 11 is 5.89. The molecule has 0 aromatic heterocycles. The lowest BCUT2D eigenvalue weighted by atomic mass is 10.1. The van der Waals surface area contributed by atoms with E-state index in [-0.39, 0.29) is 0 Å². The summed E-state index contributed by atoms with van der Waals surface area (Å²) in [5.74, 6) is 0. The predicted octanol–water partition coefficient (Wildman–Crippen LogP) is 4.40. The molecule has 0 aliphatic carbocycles. The first-order valence-electron chi connectivity index (χ1n) is 5.11. The van der Waals surface area contributed by atoms with Crippen molar-refractivity contribution in [1.29, 1.82) is 0 Å². The Morgan fingerprint density at radius 1 is 1.06 bits per heavy atom. The maximum Gasteiger partial charge on any atom is 0.0629 e. The minimum atomic E-state index is 0.759. The van der Waals surface area contributed by atoms with Crippen molar-refractivity contribution in [3.8, 4) is 0 Å². The zero-order chi connectivity index (χ0) is 11.4. The van der Waals surface area contributed by atoms with Crippen molar-refractivity contribution in [3.63, 3.8) is 0 Å². The highest BCUT2D eigenvalue weighted by atomic mass is 35.5. The van der Waals surface area contributed by atoms with Gasteiger partial charge in [-0.2, -0.15) is 0 Å². The van der Waals surface area contributed by atoms with Crippen LogP contribution in [0.3, 0.4) is 0 Å². The van der Waals surface area contributed by atoms with E-state index in [1.54, 1.807) is 0 Å². The van der Waals surface area contributed by atoms with Crippen molar-refractivity contribution in [2.45, 2.75) is 6.92 Å². The molecule has 80 valence electrons. The molecule has 0 aliphatic heterocycles. The van der Waals surface area contributed by atoms with E-state index in [1.165, 1.54) is 0 Å². The summed E-state index contributed by atoms with van der Waals surface area (Å²) in [4.78, 5) is 4.40. The minimum Gasteiger partial charge on any atom is -0.256 e. The summed E-state index contributed by atoms with van der Waals surface area (Å²) in [7, 11) is 0. The van der Waals surface area contributed by atoms with E-state index in [0.29, 0.717) is 0 Å². The number of para-hydroxylation sites is 1. The van der Waals surface area contributed by atoms with Crippen LogP contribution in [0.5, 0.6) is 0 Å². The third kappa shape index (κ3) is 2.71. The zero-order valence-corrected chi connectivity index (χ0v) is 9.78. The maximum absolute atomic E-state index is 5.89. The highest BCUT2D eigenvalue weighted by Crippen LogP contribution is 2.15. The van der Waals surface area contributed by atoms with Crippen LogP contribution in [0.4, 0.5) is 5.69 Å². The van der Waals surface area contributed by atoms with Crippen LogP contribution in [0.15, 0.2) is 53.5 Å². The summed E-state index contributed by atoms with van der Waals surface area (Å²) < 4.78 is 0. The largest absolute Gasteiger partial charge is 0.256 e. The monoisotopic (exact) mass is 229 g/mol. The van der Waals surface area contributed by atoms with Gasteiger partial charge in [0.1, 0.15) is 0 Å². The fourth-order valence-corrected chi connectivity index (χ4v) is 1.67. The van der Waals surface area contributed by atoms with Crippen LogP contribution in [0, 0.1) is 6.92 Å². The normalized spacial score (nSPS) is 10.9. The van der Waals surface area contributed by atoms with Crippen LogP contribution in [-0.4, -0.2) is 6.21 Å². The van der Waals surface area contributed by atoms with Gasteiger partial charge in [0.05, 0.1) is 5.69 Å². The number of rotatable bonds is 2. The molecule has 0 unspecified atom stereocenters. The molecule has 0 amide bonds. The summed E-state index contributed by atoms with van der Waals surface area (Å²) in [6, 6.07) is 15.7. The Kier molecular flexibility index (Phi) is 3.37. The third-order valence-corrected chi connectivity index (χ3v) is 2.58. The van der Waals surface area contributed by atoms with Gasteiger partial charge in [0, 0.05) is 11.2 Å². The third-order valence-electron chi connectivity index (χ3n) is 2.34. The number of benzene rings is 2. The number of aliphatic imine (C=N–C) groups is 1. The average Bonchev–Trinajstić information content (AvgIpc) is 2.29. The van der Waals surface area contributed by atoms with Crippen molar-refractivity contribution in [3.05, 3.63) is 64.7 Å². The summed E-state index contributed by atoms with van der Waals surface area (Å²) in [5.41, 5.74) is 3.18. The molecular formula is C14H12ClN. The molecule has 16 heavy (non-hydrogen) atoms. The van der Waals surface area contributed by atoms with Crippen molar-refractivity contribution < 1.29 is 0 Å². The predicted molar refractivity (Wildman–Crippen MR) is 69.9 cm³/mol. The molecule has 0 bridgehead atoms. The molecule has 2 heteroatoms. The minimum absolute atomic E-state index is 0.759. The summed E-state index contributed by atoms with van der Waals surface area (Å²) in [6.07, 6.45) is 1.86. The van der Waals surface area contributed by atoms with Crippen molar-refractivity contribution >= 4 is 23.5 Å². The lowest BCUT2D eigenvalue weighted by molar-refractivity contribution is 1.44. The SMILES string of the molecule is Cc1cc(Cl)ccc1C=Nc1ccccc1. The van der Waals surface area contributed by atoms with E-state index in [1.807, 2.05) is 61.7 Å². The number of nitrogens with zero attached hydrogens (tertiary/aromatic N) is 1. The van der Waals surface area contributed by atoms with E-state index in [2.05, 4.69) is 4.99 Å². The number of hydrogen-bond donors (Lipinski definition) is 0. The molecular weight excluding hydrogens is 218 g/mol. The van der Waals surface area contributed by atoms with Gasteiger partial charge in [-0.25, -0.2) is 0 Å². The number of hydrogen-bond acceptors (Lipinski definition) is 1. The molecule has 0 N–H and O–H groups in total. The van der Waals surface area contributed by atoms with E-state index >= 15 is 0 Å². The molecule has 0 radical (unpaired) electrons. The van der Waals surface area contributed by atoms with Gasteiger partial charge in [-0.1, -0.05) is 35.9 Å². The average molecular weight is 230 g/mol. The molecule has 2 rings (SSSR count).